The van der Waals surface area contributed by atoms with Gasteiger partial charge in [-0.15, -0.1) is 11.3 Å². The van der Waals surface area contributed by atoms with Gasteiger partial charge in [-0.3, -0.25) is 0 Å². The molecule has 0 spiro atoms. The van der Waals surface area contributed by atoms with Crippen LogP contribution in [0.25, 0.3) is 16.8 Å². The second-order valence-electron chi connectivity index (χ2n) is 7.18. The number of nitrogens with one attached hydrogen (secondary N) is 1. The maximum atomic E-state index is 11.9. The highest BCUT2D eigenvalue weighted by molar-refractivity contribution is 7.11. The summed E-state index contributed by atoms with van der Waals surface area (Å²) in [6, 6.07) is 15.3. The van der Waals surface area contributed by atoms with E-state index >= 15 is 0 Å². The van der Waals surface area contributed by atoms with Crippen molar-refractivity contribution in [2.75, 3.05) is 5.32 Å². The van der Waals surface area contributed by atoms with Crippen LogP contribution in [0.4, 0.5) is 5.69 Å². The molecular formula is C24H23N3O2S. The lowest BCUT2D eigenvalue weighted by Gasteiger charge is -2.08. The summed E-state index contributed by atoms with van der Waals surface area (Å²) in [4.78, 5) is 16.5. The molecule has 5 nitrogen and oxygen atoms in total. The molecule has 30 heavy (non-hydrogen) atoms. The number of rotatable bonds is 6. The molecule has 0 saturated carbocycles. The van der Waals surface area contributed by atoms with Gasteiger partial charge in [0.05, 0.1) is 17.4 Å². The second-order valence-corrected chi connectivity index (χ2v) is 8.04. The summed E-state index contributed by atoms with van der Waals surface area (Å²) in [5.74, 6) is -0.355. The number of nitriles is 1. The summed E-state index contributed by atoms with van der Waals surface area (Å²) in [7, 11) is 0. The van der Waals surface area contributed by atoms with Crippen molar-refractivity contribution >= 4 is 28.6 Å². The Kier molecular flexibility index (Phi) is 6.65. The van der Waals surface area contributed by atoms with Crippen molar-refractivity contribution in [3.63, 3.8) is 0 Å². The largest absolute Gasteiger partial charge is 0.459 e. The number of hydrogen-bond acceptors (Lipinski definition) is 6. The third kappa shape index (κ3) is 5.13. The van der Waals surface area contributed by atoms with E-state index in [2.05, 4.69) is 42.4 Å². The zero-order chi connectivity index (χ0) is 21.7. The fraction of sp³-hybridized carbons (Fsp3) is 0.208. The average molecular weight is 418 g/mol. The number of carbonyl (C=O) groups is 1. The predicted octanol–water partition coefficient (Wildman–Crippen LogP) is 5.97. The average Bonchev–Trinajstić information content (AvgIpc) is 3.20. The van der Waals surface area contributed by atoms with Crippen LogP contribution in [-0.2, 0) is 4.74 Å². The number of carbonyl (C=O) groups excluding carboxylic acids is 1. The Hall–Kier alpha value is -3.43. The van der Waals surface area contributed by atoms with Crippen LogP contribution in [0.3, 0.4) is 0 Å². The number of anilines is 1. The molecule has 1 N–H and O–H groups in total. The molecule has 0 aliphatic heterocycles. The molecule has 0 unspecified atom stereocenters. The maximum absolute atomic E-state index is 11.9. The minimum atomic E-state index is -0.355. The molecule has 1 aromatic heterocycles. The topological polar surface area (TPSA) is 75.0 Å². The number of esters is 1. The van der Waals surface area contributed by atoms with Crippen molar-refractivity contribution in [2.45, 2.75) is 33.8 Å². The van der Waals surface area contributed by atoms with E-state index in [-0.39, 0.29) is 12.1 Å². The Morgan fingerprint density at radius 2 is 1.90 bits per heavy atom. The molecule has 0 amide bonds. The Bertz CT molecular complexity index is 1120. The van der Waals surface area contributed by atoms with Gasteiger partial charge in [-0.05, 0) is 69.2 Å². The highest BCUT2D eigenvalue weighted by Gasteiger charge is 2.11. The predicted molar refractivity (Wildman–Crippen MR) is 121 cm³/mol. The van der Waals surface area contributed by atoms with Gasteiger partial charge >= 0.3 is 5.97 Å². The van der Waals surface area contributed by atoms with Crippen molar-refractivity contribution in [3.05, 3.63) is 75.7 Å². The van der Waals surface area contributed by atoms with Crippen molar-refractivity contribution in [3.8, 4) is 17.3 Å². The summed E-state index contributed by atoms with van der Waals surface area (Å²) in [5.41, 5.74) is 6.02. The first-order valence-electron chi connectivity index (χ1n) is 9.58. The molecule has 3 rings (SSSR count). The van der Waals surface area contributed by atoms with Crippen molar-refractivity contribution in [1.29, 1.82) is 5.26 Å². The van der Waals surface area contributed by atoms with Crippen LogP contribution < -0.4 is 5.32 Å². The molecule has 0 aliphatic rings. The third-order valence-corrected chi connectivity index (χ3v) is 5.38. The van der Waals surface area contributed by atoms with E-state index < -0.39 is 0 Å². The molecule has 0 atom stereocenters. The van der Waals surface area contributed by atoms with Gasteiger partial charge in [0.25, 0.3) is 0 Å². The van der Waals surface area contributed by atoms with Crippen molar-refractivity contribution in [1.82, 2.24) is 4.98 Å². The van der Waals surface area contributed by atoms with E-state index in [9.17, 15) is 10.1 Å². The number of nitrogens with zero attached hydrogens (tertiary/aromatic N) is 2. The number of thiazole rings is 1. The first kappa shape index (κ1) is 21.3. The Morgan fingerprint density at radius 1 is 1.17 bits per heavy atom. The molecule has 1 heterocycles. The molecule has 0 bridgehead atoms. The summed E-state index contributed by atoms with van der Waals surface area (Å²) in [6.45, 7) is 7.77. The minimum absolute atomic E-state index is 0.163. The minimum Gasteiger partial charge on any atom is -0.459 e. The number of ether oxygens (including phenoxy) is 1. The number of allylic oxidation sites excluding steroid dienone is 1. The fourth-order valence-electron chi connectivity index (χ4n) is 2.71. The highest BCUT2D eigenvalue weighted by atomic mass is 32.1. The summed E-state index contributed by atoms with van der Waals surface area (Å²) in [5, 5.41) is 15.3. The fourth-order valence-corrected chi connectivity index (χ4v) is 3.51. The van der Waals surface area contributed by atoms with E-state index in [4.69, 9.17) is 4.74 Å². The SMILES string of the molecule is Cc1ccc(-c2csc(C(C#N)=CNc3ccc(C(=O)OC(C)C)cc3)n2)cc1C. The molecule has 0 aliphatic carbocycles. The first-order valence-corrected chi connectivity index (χ1v) is 10.5. The smallest absolute Gasteiger partial charge is 0.338 e. The Balaban J connectivity index is 1.73. The monoisotopic (exact) mass is 417 g/mol. The van der Waals surface area contributed by atoms with Crippen LogP contribution in [0.1, 0.15) is 40.3 Å². The van der Waals surface area contributed by atoms with Crippen LogP contribution in [0.5, 0.6) is 0 Å². The van der Waals surface area contributed by atoms with Crippen LogP contribution in [0, 0.1) is 25.2 Å². The molecular weight excluding hydrogens is 394 g/mol. The summed E-state index contributed by atoms with van der Waals surface area (Å²) in [6.07, 6.45) is 1.47. The van der Waals surface area contributed by atoms with Gasteiger partial charge in [0.1, 0.15) is 16.6 Å². The summed E-state index contributed by atoms with van der Waals surface area (Å²) >= 11 is 1.43. The van der Waals surface area contributed by atoms with E-state index in [1.165, 1.54) is 22.5 Å². The molecule has 0 fully saturated rings. The van der Waals surface area contributed by atoms with Gasteiger partial charge in [-0.25, -0.2) is 9.78 Å². The Morgan fingerprint density at radius 3 is 2.53 bits per heavy atom. The Labute approximate surface area is 180 Å². The van der Waals surface area contributed by atoms with E-state index in [1.807, 2.05) is 25.3 Å². The lowest BCUT2D eigenvalue weighted by molar-refractivity contribution is 0.0378. The van der Waals surface area contributed by atoms with Crippen LogP contribution in [0.2, 0.25) is 0 Å². The van der Waals surface area contributed by atoms with Gasteiger partial charge < -0.3 is 10.1 Å². The quantitative estimate of drug-likeness (QED) is 0.395. The zero-order valence-electron chi connectivity index (χ0n) is 17.4. The van der Waals surface area contributed by atoms with Crippen molar-refractivity contribution < 1.29 is 9.53 Å². The lowest BCUT2D eigenvalue weighted by Crippen LogP contribution is -2.11. The van der Waals surface area contributed by atoms with Gasteiger partial charge in [0, 0.05) is 22.8 Å². The normalized spacial score (nSPS) is 11.3. The molecule has 3 aromatic rings. The van der Waals surface area contributed by atoms with Gasteiger partial charge in [-0.1, -0.05) is 12.1 Å². The second kappa shape index (κ2) is 9.38. The molecule has 0 saturated heterocycles. The standard InChI is InChI=1S/C24H23N3O2S/c1-15(2)29-24(28)18-7-9-21(10-8-18)26-13-20(12-25)23-27-22(14-30-23)19-6-5-16(3)17(4)11-19/h5-11,13-15,26H,1-4H3. The van der Waals surface area contributed by atoms with Crippen molar-refractivity contribution in [2.24, 2.45) is 0 Å². The maximum Gasteiger partial charge on any atom is 0.338 e. The van der Waals surface area contributed by atoms with Gasteiger partial charge in [-0.2, -0.15) is 5.26 Å². The molecule has 6 heteroatoms. The van der Waals surface area contributed by atoms with Gasteiger partial charge in [0.2, 0.25) is 0 Å². The number of benzene rings is 2. The number of hydrogen-bond donors (Lipinski definition) is 1. The molecule has 2 aromatic carbocycles. The number of aryl methyl sites for hydroxylation is 2. The van der Waals surface area contributed by atoms with E-state index in [0.29, 0.717) is 16.1 Å². The third-order valence-electron chi connectivity index (χ3n) is 4.50. The lowest BCUT2D eigenvalue weighted by atomic mass is 10.1. The molecule has 152 valence electrons. The first-order chi connectivity index (χ1) is 14.4. The van der Waals surface area contributed by atoms with Crippen LogP contribution >= 0.6 is 11.3 Å². The van der Waals surface area contributed by atoms with E-state index in [1.54, 1.807) is 30.5 Å². The van der Waals surface area contributed by atoms with Gasteiger partial charge in [0.15, 0.2) is 0 Å². The number of aromatic nitrogens is 1. The highest BCUT2D eigenvalue weighted by Crippen LogP contribution is 2.27. The zero-order valence-corrected chi connectivity index (χ0v) is 18.2. The molecule has 0 radical (unpaired) electrons. The van der Waals surface area contributed by atoms with E-state index in [0.717, 1.165) is 16.9 Å². The van der Waals surface area contributed by atoms with Crippen LogP contribution in [0.15, 0.2) is 54.0 Å². The summed E-state index contributed by atoms with van der Waals surface area (Å²) < 4.78 is 5.18. The van der Waals surface area contributed by atoms with Crippen LogP contribution in [-0.4, -0.2) is 17.1 Å².